The van der Waals surface area contributed by atoms with E-state index in [1.807, 2.05) is 19.2 Å². The number of benzene rings is 1. The summed E-state index contributed by atoms with van der Waals surface area (Å²) in [4.78, 5) is 0. The molecule has 0 amide bonds. The van der Waals surface area contributed by atoms with Crippen LogP contribution >= 0.6 is 0 Å². The summed E-state index contributed by atoms with van der Waals surface area (Å²) in [5.74, 6) is 0. The average Bonchev–Trinajstić information content (AvgIpc) is 2.15. The Hall–Kier alpha value is -1.50. The molecule has 0 aliphatic heterocycles. The number of allylic oxidation sites excluding steroid dienone is 2. The zero-order valence-electron chi connectivity index (χ0n) is 8.17. The standard InChI is InChI=1S/C12H15N/c1-4-5-8-11-10(2)7-6-9-12(11)13-3/h4-9,13H,1H2,2-3H3/b8-5-. The summed E-state index contributed by atoms with van der Waals surface area (Å²) < 4.78 is 0. The van der Waals surface area contributed by atoms with Crippen molar-refractivity contribution in [3.63, 3.8) is 0 Å². The minimum Gasteiger partial charge on any atom is -0.388 e. The predicted molar refractivity (Wildman–Crippen MR) is 60.0 cm³/mol. The van der Waals surface area contributed by atoms with Gasteiger partial charge < -0.3 is 5.32 Å². The van der Waals surface area contributed by atoms with Gasteiger partial charge in [-0.1, -0.05) is 36.9 Å². The summed E-state index contributed by atoms with van der Waals surface area (Å²) >= 11 is 0. The van der Waals surface area contributed by atoms with E-state index in [0.29, 0.717) is 0 Å². The highest BCUT2D eigenvalue weighted by atomic mass is 14.8. The molecule has 1 aromatic carbocycles. The third-order valence-corrected chi connectivity index (χ3v) is 1.99. The van der Waals surface area contributed by atoms with Gasteiger partial charge in [-0.15, -0.1) is 0 Å². The van der Waals surface area contributed by atoms with Gasteiger partial charge in [0.15, 0.2) is 0 Å². The van der Waals surface area contributed by atoms with Crippen LogP contribution in [0.4, 0.5) is 5.69 Å². The largest absolute Gasteiger partial charge is 0.388 e. The number of rotatable bonds is 3. The van der Waals surface area contributed by atoms with Crippen LogP contribution < -0.4 is 5.32 Å². The van der Waals surface area contributed by atoms with Gasteiger partial charge in [0.1, 0.15) is 0 Å². The van der Waals surface area contributed by atoms with Gasteiger partial charge in [0.05, 0.1) is 0 Å². The van der Waals surface area contributed by atoms with Gasteiger partial charge in [0.25, 0.3) is 0 Å². The molecule has 1 nitrogen and oxygen atoms in total. The fourth-order valence-corrected chi connectivity index (χ4v) is 1.28. The molecule has 0 unspecified atom stereocenters. The molecule has 0 fully saturated rings. The van der Waals surface area contributed by atoms with E-state index in [1.54, 1.807) is 6.08 Å². The topological polar surface area (TPSA) is 12.0 Å². The number of hydrogen-bond acceptors (Lipinski definition) is 1. The molecule has 0 bridgehead atoms. The molecule has 0 aliphatic rings. The van der Waals surface area contributed by atoms with Crippen LogP contribution in [0.5, 0.6) is 0 Å². The number of hydrogen-bond donors (Lipinski definition) is 1. The molecular weight excluding hydrogens is 158 g/mol. The second kappa shape index (κ2) is 4.51. The van der Waals surface area contributed by atoms with Crippen LogP contribution in [0.1, 0.15) is 11.1 Å². The van der Waals surface area contributed by atoms with Crippen LogP contribution in [0.2, 0.25) is 0 Å². The molecule has 13 heavy (non-hydrogen) atoms. The average molecular weight is 173 g/mol. The molecule has 0 saturated heterocycles. The number of aryl methyl sites for hydroxylation is 1. The molecule has 0 spiro atoms. The normalized spacial score (nSPS) is 10.3. The van der Waals surface area contributed by atoms with Crippen molar-refractivity contribution in [2.75, 3.05) is 12.4 Å². The highest BCUT2D eigenvalue weighted by Crippen LogP contribution is 2.20. The second-order valence-corrected chi connectivity index (χ2v) is 2.88. The molecule has 0 aliphatic carbocycles. The predicted octanol–water partition coefficient (Wildman–Crippen LogP) is 3.24. The van der Waals surface area contributed by atoms with Crippen molar-refractivity contribution in [2.45, 2.75) is 6.92 Å². The lowest BCUT2D eigenvalue weighted by Crippen LogP contribution is -1.92. The van der Waals surface area contributed by atoms with Gasteiger partial charge in [0, 0.05) is 18.3 Å². The van der Waals surface area contributed by atoms with Crippen LogP contribution in [-0.2, 0) is 0 Å². The lowest BCUT2D eigenvalue weighted by atomic mass is 10.1. The molecular formula is C12H15N. The van der Waals surface area contributed by atoms with E-state index in [1.165, 1.54) is 11.1 Å². The van der Waals surface area contributed by atoms with Gasteiger partial charge in [-0.05, 0) is 18.6 Å². The molecule has 0 heterocycles. The Balaban J connectivity index is 3.14. The maximum Gasteiger partial charge on any atom is 0.0413 e. The van der Waals surface area contributed by atoms with Crippen LogP contribution in [0.3, 0.4) is 0 Å². The lowest BCUT2D eigenvalue weighted by Gasteiger charge is -2.07. The number of nitrogens with one attached hydrogen (secondary N) is 1. The molecule has 0 atom stereocenters. The van der Waals surface area contributed by atoms with E-state index < -0.39 is 0 Å². The fourth-order valence-electron chi connectivity index (χ4n) is 1.28. The Bertz CT molecular complexity index is 324. The molecule has 68 valence electrons. The van der Waals surface area contributed by atoms with E-state index >= 15 is 0 Å². The summed E-state index contributed by atoms with van der Waals surface area (Å²) in [6.45, 7) is 5.75. The highest BCUT2D eigenvalue weighted by molar-refractivity contribution is 5.69. The van der Waals surface area contributed by atoms with Crippen molar-refractivity contribution in [2.24, 2.45) is 0 Å². The maximum absolute atomic E-state index is 3.65. The van der Waals surface area contributed by atoms with Crippen molar-refractivity contribution in [3.05, 3.63) is 48.1 Å². The van der Waals surface area contributed by atoms with Crippen molar-refractivity contribution in [1.82, 2.24) is 0 Å². The Kier molecular flexibility index (Phi) is 3.32. The van der Waals surface area contributed by atoms with E-state index in [4.69, 9.17) is 0 Å². The van der Waals surface area contributed by atoms with Crippen molar-refractivity contribution >= 4 is 11.8 Å². The van der Waals surface area contributed by atoms with Gasteiger partial charge in [-0.3, -0.25) is 0 Å². The quantitative estimate of drug-likeness (QED) is 0.692. The summed E-state index contributed by atoms with van der Waals surface area (Å²) in [5.41, 5.74) is 3.65. The van der Waals surface area contributed by atoms with Gasteiger partial charge in [-0.25, -0.2) is 0 Å². The smallest absolute Gasteiger partial charge is 0.0413 e. The van der Waals surface area contributed by atoms with Crippen LogP contribution in [0.25, 0.3) is 6.08 Å². The Morgan fingerprint density at radius 1 is 1.38 bits per heavy atom. The number of anilines is 1. The van der Waals surface area contributed by atoms with Crippen molar-refractivity contribution in [3.8, 4) is 0 Å². The SMILES string of the molecule is C=C/C=C\c1c(C)cccc1NC. The van der Waals surface area contributed by atoms with Gasteiger partial charge in [-0.2, -0.15) is 0 Å². The molecule has 1 N–H and O–H groups in total. The highest BCUT2D eigenvalue weighted by Gasteiger charge is 1.98. The monoisotopic (exact) mass is 173 g/mol. The molecule has 0 radical (unpaired) electrons. The van der Waals surface area contributed by atoms with Crippen LogP contribution in [0, 0.1) is 6.92 Å². The molecule has 0 aromatic heterocycles. The molecule has 1 aromatic rings. The summed E-state index contributed by atoms with van der Waals surface area (Å²) in [5, 5.41) is 3.16. The Morgan fingerprint density at radius 3 is 2.77 bits per heavy atom. The first kappa shape index (κ1) is 9.59. The zero-order chi connectivity index (χ0) is 9.68. The fraction of sp³-hybridized carbons (Fsp3) is 0.167. The molecule has 1 rings (SSSR count). The van der Waals surface area contributed by atoms with Crippen LogP contribution in [0.15, 0.2) is 36.9 Å². The molecule has 0 saturated carbocycles. The van der Waals surface area contributed by atoms with Crippen molar-refractivity contribution in [1.29, 1.82) is 0 Å². The van der Waals surface area contributed by atoms with Crippen molar-refractivity contribution < 1.29 is 0 Å². The summed E-state index contributed by atoms with van der Waals surface area (Å²) in [6.07, 6.45) is 5.79. The Labute approximate surface area is 79.8 Å². The third-order valence-electron chi connectivity index (χ3n) is 1.99. The van der Waals surface area contributed by atoms with E-state index in [9.17, 15) is 0 Å². The second-order valence-electron chi connectivity index (χ2n) is 2.88. The van der Waals surface area contributed by atoms with Crippen LogP contribution in [-0.4, -0.2) is 7.05 Å². The first-order chi connectivity index (χ1) is 6.29. The van der Waals surface area contributed by atoms with Gasteiger partial charge >= 0.3 is 0 Å². The summed E-state index contributed by atoms with van der Waals surface area (Å²) in [7, 11) is 1.93. The lowest BCUT2D eigenvalue weighted by molar-refractivity contribution is 1.40. The van der Waals surface area contributed by atoms with E-state index in [2.05, 4.69) is 37.0 Å². The third kappa shape index (κ3) is 2.22. The van der Waals surface area contributed by atoms with E-state index in [-0.39, 0.29) is 0 Å². The summed E-state index contributed by atoms with van der Waals surface area (Å²) in [6, 6.07) is 6.21. The minimum absolute atomic E-state index is 1.15. The van der Waals surface area contributed by atoms with E-state index in [0.717, 1.165) is 5.69 Å². The van der Waals surface area contributed by atoms with Gasteiger partial charge in [0.2, 0.25) is 0 Å². The molecule has 1 heteroatoms. The first-order valence-electron chi connectivity index (χ1n) is 4.36. The first-order valence-corrected chi connectivity index (χ1v) is 4.36. The maximum atomic E-state index is 3.65. The zero-order valence-corrected chi connectivity index (χ0v) is 8.17. The Morgan fingerprint density at radius 2 is 2.15 bits per heavy atom. The minimum atomic E-state index is 1.15.